The number of nitrogens with two attached hydrogens (primary N) is 1. The molecule has 2 heterocycles. The van der Waals surface area contributed by atoms with Crippen molar-refractivity contribution in [2.24, 2.45) is 12.8 Å². The second kappa shape index (κ2) is 4.37. The quantitative estimate of drug-likeness (QED) is 0.570. The Bertz CT molecular complexity index is 439. The molecule has 0 aromatic carbocycles. The monoisotopic (exact) mass is 237 g/mol. The number of hydrogen-bond donors (Lipinski definition) is 2. The molecule has 1 unspecified atom stereocenters. The summed E-state index contributed by atoms with van der Waals surface area (Å²) in [6, 6.07) is 0.275. The van der Waals surface area contributed by atoms with Crippen molar-refractivity contribution in [1.82, 2.24) is 9.78 Å². The third kappa shape index (κ3) is 2.00. The van der Waals surface area contributed by atoms with Crippen molar-refractivity contribution < 1.29 is 4.74 Å². The highest BCUT2D eigenvalue weighted by Gasteiger charge is 2.26. The van der Waals surface area contributed by atoms with Crippen LogP contribution >= 0.6 is 0 Å². The zero-order valence-electron chi connectivity index (χ0n) is 10.5. The first-order chi connectivity index (χ1) is 8.02. The van der Waals surface area contributed by atoms with Crippen LogP contribution in [0.2, 0.25) is 0 Å². The van der Waals surface area contributed by atoms with E-state index in [0.29, 0.717) is 13.2 Å². The van der Waals surface area contributed by atoms with Gasteiger partial charge in [0.25, 0.3) is 0 Å². The standard InChI is InChI=1S/C11H19N5O/c1-7-6-17-5-4-16(7)11-9(10(12)13)8(2)14-15(11)3/h7H,4-6H2,1-3H3,(H3,12,13). The summed E-state index contributed by atoms with van der Waals surface area (Å²) in [5.41, 5.74) is 7.19. The molecule has 0 aliphatic carbocycles. The summed E-state index contributed by atoms with van der Waals surface area (Å²) in [5, 5.41) is 12.0. The van der Waals surface area contributed by atoms with Crippen LogP contribution in [0.5, 0.6) is 0 Å². The summed E-state index contributed by atoms with van der Waals surface area (Å²) in [6.45, 7) is 6.19. The predicted molar refractivity (Wildman–Crippen MR) is 66.6 cm³/mol. The van der Waals surface area contributed by atoms with Gasteiger partial charge in [0.1, 0.15) is 11.7 Å². The van der Waals surface area contributed by atoms with Crippen molar-refractivity contribution in [2.75, 3.05) is 24.7 Å². The normalized spacial score (nSPS) is 20.6. The molecule has 2 rings (SSSR count). The fourth-order valence-corrected chi connectivity index (χ4v) is 2.33. The number of aryl methyl sites for hydroxylation is 2. The third-order valence-electron chi connectivity index (χ3n) is 3.10. The summed E-state index contributed by atoms with van der Waals surface area (Å²) >= 11 is 0. The van der Waals surface area contributed by atoms with E-state index in [1.165, 1.54) is 0 Å². The predicted octanol–water partition coefficient (Wildman–Crippen LogP) is 0.238. The van der Waals surface area contributed by atoms with Crippen LogP contribution in [-0.4, -0.2) is 41.4 Å². The van der Waals surface area contributed by atoms with Gasteiger partial charge in [0.2, 0.25) is 0 Å². The number of hydrogen-bond acceptors (Lipinski definition) is 4. The highest BCUT2D eigenvalue weighted by molar-refractivity contribution is 6.01. The largest absolute Gasteiger partial charge is 0.384 e. The van der Waals surface area contributed by atoms with E-state index in [1.807, 2.05) is 14.0 Å². The molecule has 94 valence electrons. The fraction of sp³-hybridized carbons (Fsp3) is 0.636. The third-order valence-corrected chi connectivity index (χ3v) is 3.10. The Morgan fingerprint density at radius 3 is 2.88 bits per heavy atom. The van der Waals surface area contributed by atoms with Crippen LogP contribution in [0.4, 0.5) is 5.82 Å². The van der Waals surface area contributed by atoms with E-state index < -0.39 is 0 Å². The lowest BCUT2D eigenvalue weighted by molar-refractivity contribution is 0.0981. The maximum Gasteiger partial charge on any atom is 0.138 e. The van der Waals surface area contributed by atoms with Crippen LogP contribution < -0.4 is 10.6 Å². The smallest absolute Gasteiger partial charge is 0.138 e. The average molecular weight is 237 g/mol. The van der Waals surface area contributed by atoms with Gasteiger partial charge < -0.3 is 15.4 Å². The number of morpholine rings is 1. The number of ether oxygens (including phenoxy) is 1. The van der Waals surface area contributed by atoms with Gasteiger partial charge in [0.15, 0.2) is 0 Å². The molecule has 1 aliphatic heterocycles. The van der Waals surface area contributed by atoms with Crippen molar-refractivity contribution in [3.05, 3.63) is 11.3 Å². The SMILES string of the molecule is Cc1nn(C)c(N2CCOCC2C)c1C(=N)N. The first-order valence-electron chi connectivity index (χ1n) is 5.74. The van der Waals surface area contributed by atoms with E-state index in [9.17, 15) is 0 Å². The van der Waals surface area contributed by atoms with Gasteiger partial charge in [-0.05, 0) is 13.8 Å². The van der Waals surface area contributed by atoms with Crippen LogP contribution in [0.1, 0.15) is 18.2 Å². The molecule has 6 heteroatoms. The van der Waals surface area contributed by atoms with Crippen LogP contribution in [0.25, 0.3) is 0 Å². The van der Waals surface area contributed by atoms with Gasteiger partial charge in [-0.1, -0.05) is 0 Å². The number of nitrogens with zero attached hydrogens (tertiary/aromatic N) is 3. The molecule has 0 saturated carbocycles. The average Bonchev–Trinajstić information content (AvgIpc) is 2.54. The maximum absolute atomic E-state index is 7.68. The van der Waals surface area contributed by atoms with Crippen molar-refractivity contribution in [1.29, 1.82) is 5.41 Å². The molecule has 1 saturated heterocycles. The van der Waals surface area contributed by atoms with E-state index in [1.54, 1.807) is 4.68 Å². The van der Waals surface area contributed by atoms with Crippen LogP contribution in [0.3, 0.4) is 0 Å². The molecular formula is C11H19N5O. The Morgan fingerprint density at radius 2 is 2.29 bits per heavy atom. The van der Waals surface area contributed by atoms with Gasteiger partial charge in [-0.2, -0.15) is 5.10 Å². The van der Waals surface area contributed by atoms with Crippen molar-refractivity contribution in [3.8, 4) is 0 Å². The first kappa shape index (κ1) is 11.9. The minimum Gasteiger partial charge on any atom is -0.384 e. The summed E-state index contributed by atoms with van der Waals surface area (Å²) in [5.74, 6) is 0.995. The summed E-state index contributed by atoms with van der Waals surface area (Å²) < 4.78 is 7.22. The highest BCUT2D eigenvalue weighted by Crippen LogP contribution is 2.25. The van der Waals surface area contributed by atoms with E-state index >= 15 is 0 Å². The molecule has 1 atom stereocenters. The molecule has 1 fully saturated rings. The maximum atomic E-state index is 7.68. The number of anilines is 1. The van der Waals surface area contributed by atoms with E-state index in [4.69, 9.17) is 15.9 Å². The minimum absolute atomic E-state index is 0.0734. The lowest BCUT2D eigenvalue weighted by atomic mass is 10.1. The van der Waals surface area contributed by atoms with Crippen molar-refractivity contribution in [2.45, 2.75) is 19.9 Å². The van der Waals surface area contributed by atoms with Gasteiger partial charge in [-0.3, -0.25) is 10.1 Å². The zero-order chi connectivity index (χ0) is 12.6. The number of rotatable bonds is 2. The second-order valence-electron chi connectivity index (χ2n) is 4.44. The number of nitrogen functional groups attached to an aromatic ring is 1. The first-order valence-corrected chi connectivity index (χ1v) is 5.74. The second-order valence-corrected chi connectivity index (χ2v) is 4.44. The Labute approximate surface area is 101 Å². The lowest BCUT2D eigenvalue weighted by Crippen LogP contribution is -2.45. The van der Waals surface area contributed by atoms with Crippen molar-refractivity contribution >= 4 is 11.7 Å². The van der Waals surface area contributed by atoms with Gasteiger partial charge in [-0.15, -0.1) is 0 Å². The fourth-order valence-electron chi connectivity index (χ4n) is 2.33. The molecule has 0 bridgehead atoms. The van der Waals surface area contributed by atoms with Crippen molar-refractivity contribution in [3.63, 3.8) is 0 Å². The summed E-state index contributed by atoms with van der Waals surface area (Å²) in [6.07, 6.45) is 0. The molecular weight excluding hydrogens is 218 g/mol. The Hall–Kier alpha value is -1.56. The summed E-state index contributed by atoms with van der Waals surface area (Å²) in [7, 11) is 1.89. The highest BCUT2D eigenvalue weighted by atomic mass is 16.5. The molecule has 6 nitrogen and oxygen atoms in total. The molecule has 1 aromatic heterocycles. The van der Waals surface area contributed by atoms with Gasteiger partial charge >= 0.3 is 0 Å². The summed E-state index contributed by atoms with van der Waals surface area (Å²) in [4.78, 5) is 2.21. The van der Waals surface area contributed by atoms with Crippen LogP contribution in [0.15, 0.2) is 0 Å². The molecule has 1 aromatic rings. The molecule has 1 aliphatic rings. The Balaban J connectivity index is 2.46. The topological polar surface area (TPSA) is 80.2 Å². The molecule has 3 N–H and O–H groups in total. The zero-order valence-corrected chi connectivity index (χ0v) is 10.5. The van der Waals surface area contributed by atoms with Gasteiger partial charge in [0, 0.05) is 13.6 Å². The van der Waals surface area contributed by atoms with E-state index in [2.05, 4.69) is 16.9 Å². The number of amidine groups is 1. The number of aromatic nitrogens is 2. The minimum atomic E-state index is 0.0734. The molecule has 17 heavy (non-hydrogen) atoms. The number of nitrogens with one attached hydrogen (secondary N) is 1. The molecule has 0 spiro atoms. The van der Waals surface area contributed by atoms with Gasteiger partial charge in [-0.25, -0.2) is 0 Å². The molecule has 0 radical (unpaired) electrons. The Morgan fingerprint density at radius 1 is 1.59 bits per heavy atom. The van der Waals surface area contributed by atoms with Gasteiger partial charge in [0.05, 0.1) is 30.5 Å². The van der Waals surface area contributed by atoms with E-state index in [0.717, 1.165) is 23.6 Å². The Kier molecular flexibility index (Phi) is 3.06. The molecule has 0 amide bonds. The van der Waals surface area contributed by atoms with Crippen LogP contribution in [-0.2, 0) is 11.8 Å². The lowest BCUT2D eigenvalue weighted by Gasteiger charge is -2.35. The van der Waals surface area contributed by atoms with E-state index in [-0.39, 0.29) is 11.9 Å². The van der Waals surface area contributed by atoms with Crippen LogP contribution in [0, 0.1) is 12.3 Å².